The zero-order valence-electron chi connectivity index (χ0n) is 18.3. The fourth-order valence-electron chi connectivity index (χ4n) is 3.23. The van der Waals surface area contributed by atoms with E-state index >= 15 is 0 Å². The Kier molecular flexibility index (Phi) is 8.55. The number of anilines is 1. The van der Waals surface area contributed by atoms with Crippen molar-refractivity contribution in [2.45, 2.75) is 0 Å². The summed E-state index contributed by atoms with van der Waals surface area (Å²) in [5.74, 6) is 0.240. The number of thiocarbonyl (C=S) groups is 1. The highest BCUT2D eigenvalue weighted by molar-refractivity contribution is 7.80. The van der Waals surface area contributed by atoms with Crippen molar-refractivity contribution in [3.8, 4) is 5.75 Å². The number of rotatable bonds is 7. The Morgan fingerprint density at radius 3 is 2.38 bits per heavy atom. The van der Waals surface area contributed by atoms with Crippen molar-refractivity contribution >= 4 is 34.8 Å². The molecule has 1 aliphatic heterocycles. The van der Waals surface area contributed by atoms with E-state index in [1.54, 1.807) is 43.5 Å². The molecule has 170 valence electrons. The first-order valence-electron chi connectivity index (χ1n) is 10.4. The smallest absolute Gasteiger partial charge is 0.257 e. The van der Waals surface area contributed by atoms with E-state index in [1.807, 2.05) is 24.1 Å². The second-order valence-electron chi connectivity index (χ2n) is 7.41. The van der Waals surface area contributed by atoms with Crippen molar-refractivity contribution in [3.63, 3.8) is 0 Å². The lowest BCUT2D eigenvalue weighted by molar-refractivity contribution is 0.0665. The molecule has 1 fully saturated rings. The van der Waals surface area contributed by atoms with Gasteiger partial charge in [-0.15, -0.1) is 0 Å². The summed E-state index contributed by atoms with van der Waals surface area (Å²) in [4.78, 5) is 29.6. The Morgan fingerprint density at radius 2 is 1.69 bits per heavy atom. The van der Waals surface area contributed by atoms with Crippen LogP contribution in [0, 0.1) is 0 Å². The number of ether oxygens (including phenoxy) is 2. The van der Waals surface area contributed by atoms with Gasteiger partial charge in [0.25, 0.3) is 11.8 Å². The van der Waals surface area contributed by atoms with Crippen LogP contribution in [0.2, 0.25) is 0 Å². The summed E-state index contributed by atoms with van der Waals surface area (Å²) >= 11 is 5.31. The zero-order valence-corrected chi connectivity index (χ0v) is 19.1. The van der Waals surface area contributed by atoms with Crippen LogP contribution >= 0.6 is 12.2 Å². The molecule has 0 unspecified atom stereocenters. The Balaban J connectivity index is 1.59. The van der Waals surface area contributed by atoms with Crippen molar-refractivity contribution in [1.82, 2.24) is 15.1 Å². The van der Waals surface area contributed by atoms with Crippen LogP contribution in [0.5, 0.6) is 5.75 Å². The maximum Gasteiger partial charge on any atom is 0.257 e. The summed E-state index contributed by atoms with van der Waals surface area (Å²) in [7, 11) is 3.65. The predicted octanol–water partition coefficient (Wildman–Crippen LogP) is 2.23. The molecule has 2 aromatic rings. The average Bonchev–Trinajstić information content (AvgIpc) is 2.80. The Labute approximate surface area is 193 Å². The third-order valence-electron chi connectivity index (χ3n) is 5.10. The van der Waals surface area contributed by atoms with Crippen LogP contribution in [0.1, 0.15) is 20.7 Å². The molecule has 9 heteroatoms. The molecule has 0 saturated carbocycles. The van der Waals surface area contributed by atoms with E-state index < -0.39 is 0 Å². The number of carbonyl (C=O) groups excluding carboxylic acids is 2. The second-order valence-corrected chi connectivity index (χ2v) is 7.82. The van der Waals surface area contributed by atoms with Crippen molar-refractivity contribution < 1.29 is 19.1 Å². The number of para-hydroxylation sites is 1. The van der Waals surface area contributed by atoms with Crippen molar-refractivity contribution in [1.29, 1.82) is 0 Å². The van der Waals surface area contributed by atoms with E-state index in [2.05, 4.69) is 15.5 Å². The highest BCUT2D eigenvalue weighted by atomic mass is 32.1. The summed E-state index contributed by atoms with van der Waals surface area (Å²) in [6.07, 6.45) is 0. The minimum Gasteiger partial charge on any atom is -0.491 e. The maximum absolute atomic E-state index is 13.0. The van der Waals surface area contributed by atoms with Gasteiger partial charge in [0, 0.05) is 38.9 Å². The minimum atomic E-state index is -0.353. The summed E-state index contributed by atoms with van der Waals surface area (Å²) in [5.41, 5.74) is 1.52. The van der Waals surface area contributed by atoms with E-state index in [1.165, 1.54) is 0 Å². The van der Waals surface area contributed by atoms with Gasteiger partial charge in [0.15, 0.2) is 5.11 Å². The Morgan fingerprint density at radius 1 is 1.00 bits per heavy atom. The highest BCUT2D eigenvalue weighted by Crippen LogP contribution is 2.18. The van der Waals surface area contributed by atoms with Crippen LogP contribution in [0.15, 0.2) is 48.5 Å². The lowest BCUT2D eigenvalue weighted by Crippen LogP contribution is -2.47. The number of carbonyl (C=O) groups is 2. The van der Waals surface area contributed by atoms with Gasteiger partial charge in [0.2, 0.25) is 0 Å². The number of hydrogen-bond donors (Lipinski definition) is 2. The number of amides is 2. The number of likely N-dealkylation sites (N-methyl/N-ethyl adjacent to an activating group) is 1. The fourth-order valence-corrected chi connectivity index (χ4v) is 3.44. The predicted molar refractivity (Wildman–Crippen MR) is 127 cm³/mol. The van der Waals surface area contributed by atoms with Crippen molar-refractivity contribution in [3.05, 3.63) is 59.7 Å². The second kappa shape index (κ2) is 11.6. The van der Waals surface area contributed by atoms with Gasteiger partial charge in [-0.1, -0.05) is 12.1 Å². The molecule has 2 amide bonds. The molecule has 0 bridgehead atoms. The largest absolute Gasteiger partial charge is 0.491 e. The molecule has 0 spiro atoms. The molecule has 1 heterocycles. The summed E-state index contributed by atoms with van der Waals surface area (Å²) in [6, 6.07) is 13.9. The van der Waals surface area contributed by atoms with Crippen LogP contribution in [0.4, 0.5) is 5.69 Å². The molecule has 0 radical (unpaired) electrons. The number of nitrogens with zero attached hydrogens (tertiary/aromatic N) is 2. The van der Waals surface area contributed by atoms with Gasteiger partial charge < -0.3 is 24.6 Å². The van der Waals surface area contributed by atoms with Crippen molar-refractivity contribution in [2.75, 3.05) is 58.9 Å². The summed E-state index contributed by atoms with van der Waals surface area (Å²) in [5, 5.41) is 5.77. The average molecular weight is 457 g/mol. The molecule has 2 N–H and O–H groups in total. The van der Waals surface area contributed by atoms with Crippen LogP contribution in [-0.4, -0.2) is 80.3 Å². The maximum atomic E-state index is 13.0. The molecule has 2 aromatic carbocycles. The molecular weight excluding hydrogens is 428 g/mol. The standard InChI is InChI=1S/C23H28N4O4S/c1-26-11-13-27(14-12-26)22(29)19-5-3-4-6-20(19)24-23(32)25-21(28)17-7-9-18(10-8-17)31-16-15-30-2/h3-10H,11-16H2,1-2H3,(H2,24,25,28,32). The molecule has 1 saturated heterocycles. The molecule has 8 nitrogen and oxygen atoms in total. The molecular formula is C23H28N4O4S. The monoisotopic (exact) mass is 456 g/mol. The lowest BCUT2D eigenvalue weighted by atomic mass is 10.1. The number of nitrogens with one attached hydrogen (secondary N) is 2. The Hall–Kier alpha value is -3.01. The molecule has 1 aliphatic rings. The summed E-state index contributed by atoms with van der Waals surface area (Å²) in [6.45, 7) is 3.95. The molecule has 0 atom stereocenters. The van der Waals surface area contributed by atoms with Crippen LogP contribution in [0.25, 0.3) is 0 Å². The van der Waals surface area contributed by atoms with E-state index in [9.17, 15) is 9.59 Å². The third-order valence-corrected chi connectivity index (χ3v) is 5.30. The zero-order chi connectivity index (χ0) is 22.9. The normalized spacial score (nSPS) is 14.0. The number of piperazine rings is 1. The van der Waals surface area contributed by atoms with E-state index in [4.69, 9.17) is 21.7 Å². The van der Waals surface area contributed by atoms with Crippen LogP contribution < -0.4 is 15.4 Å². The number of benzene rings is 2. The minimum absolute atomic E-state index is 0.0561. The molecule has 0 aliphatic carbocycles. The first kappa shape index (κ1) is 23.6. The van der Waals surface area contributed by atoms with E-state index in [0.29, 0.717) is 48.9 Å². The number of hydrogen-bond acceptors (Lipinski definition) is 6. The molecule has 0 aromatic heterocycles. The quantitative estimate of drug-likeness (QED) is 0.488. The lowest BCUT2D eigenvalue weighted by Gasteiger charge is -2.32. The van der Waals surface area contributed by atoms with Crippen LogP contribution in [0.3, 0.4) is 0 Å². The first-order chi connectivity index (χ1) is 15.5. The van der Waals surface area contributed by atoms with Crippen molar-refractivity contribution in [2.24, 2.45) is 0 Å². The SMILES string of the molecule is COCCOc1ccc(C(=O)NC(=S)Nc2ccccc2C(=O)N2CCN(C)CC2)cc1. The van der Waals surface area contributed by atoms with E-state index in [0.717, 1.165) is 13.1 Å². The van der Waals surface area contributed by atoms with Gasteiger partial charge in [-0.05, 0) is 55.7 Å². The fraction of sp³-hybridized carbons (Fsp3) is 0.348. The topological polar surface area (TPSA) is 83.1 Å². The van der Waals surface area contributed by atoms with Crippen LogP contribution in [-0.2, 0) is 4.74 Å². The molecule has 3 rings (SSSR count). The van der Waals surface area contributed by atoms with Gasteiger partial charge in [-0.3, -0.25) is 14.9 Å². The summed E-state index contributed by atoms with van der Waals surface area (Å²) < 4.78 is 10.4. The van der Waals surface area contributed by atoms with Gasteiger partial charge in [0.1, 0.15) is 12.4 Å². The van der Waals surface area contributed by atoms with E-state index in [-0.39, 0.29) is 16.9 Å². The van der Waals surface area contributed by atoms with Gasteiger partial charge >= 0.3 is 0 Å². The number of methoxy groups -OCH3 is 1. The molecule has 32 heavy (non-hydrogen) atoms. The van der Waals surface area contributed by atoms with Gasteiger partial charge in [0.05, 0.1) is 17.9 Å². The Bertz CT molecular complexity index is 943. The highest BCUT2D eigenvalue weighted by Gasteiger charge is 2.22. The van der Waals surface area contributed by atoms with Gasteiger partial charge in [-0.2, -0.15) is 0 Å². The first-order valence-corrected chi connectivity index (χ1v) is 10.8. The van der Waals surface area contributed by atoms with Gasteiger partial charge in [-0.25, -0.2) is 0 Å². The third kappa shape index (κ3) is 6.49.